The van der Waals surface area contributed by atoms with Gasteiger partial charge in [-0.25, -0.2) is 0 Å². The van der Waals surface area contributed by atoms with Gasteiger partial charge in [0.1, 0.15) is 12.2 Å². The highest BCUT2D eigenvalue weighted by atomic mass is 19.4. The fourth-order valence-electron chi connectivity index (χ4n) is 6.87. The number of amides is 1. The summed E-state index contributed by atoms with van der Waals surface area (Å²) in [5.74, 6) is 1.01. The topological polar surface area (TPSA) is 72.3 Å². The molecule has 2 saturated carbocycles. The van der Waals surface area contributed by atoms with Gasteiger partial charge < -0.3 is 19.5 Å². The highest BCUT2D eigenvalue weighted by molar-refractivity contribution is 6.10. The molecule has 7 nitrogen and oxygen atoms in total. The van der Waals surface area contributed by atoms with Gasteiger partial charge in [-0.15, -0.1) is 10.2 Å². The molecule has 3 heterocycles. The Morgan fingerprint density at radius 1 is 1.14 bits per heavy atom. The van der Waals surface area contributed by atoms with Crippen molar-refractivity contribution in [1.29, 1.82) is 0 Å². The number of benzene rings is 2. The van der Waals surface area contributed by atoms with Crippen LogP contribution in [-0.2, 0) is 24.5 Å². The van der Waals surface area contributed by atoms with E-state index in [1.54, 1.807) is 18.5 Å². The minimum absolute atomic E-state index is 0.0546. The third kappa shape index (κ3) is 5.02. The molecular weight excluding hydrogens is 543 g/mol. The van der Waals surface area contributed by atoms with Crippen LogP contribution in [0.3, 0.4) is 0 Å². The van der Waals surface area contributed by atoms with Crippen LogP contribution in [0.5, 0.6) is 0 Å². The van der Waals surface area contributed by atoms with Crippen LogP contribution in [0, 0.1) is 11.8 Å². The summed E-state index contributed by atoms with van der Waals surface area (Å²) in [7, 11) is 1.89. The lowest BCUT2D eigenvalue weighted by atomic mass is 9.77. The normalized spacial score (nSPS) is 21.5. The van der Waals surface area contributed by atoms with Gasteiger partial charge >= 0.3 is 6.18 Å². The van der Waals surface area contributed by atoms with E-state index in [1.165, 1.54) is 11.0 Å². The Morgan fingerprint density at radius 2 is 1.93 bits per heavy atom. The number of ether oxygens (including phenoxy) is 1. The SMILES string of the molecule is Cn1cnnc1[C@@H](c1cccc(N2Cc3c(cc([C@H](CC4CC4)NC4(C)CCC4)cc3C(F)(F)F)C2=O)c1)C1COC1. The Balaban J connectivity index is 1.24. The molecule has 7 rings (SSSR count). The van der Waals surface area contributed by atoms with Crippen molar-refractivity contribution in [1.82, 2.24) is 20.1 Å². The van der Waals surface area contributed by atoms with Gasteiger partial charge in [-0.1, -0.05) is 25.0 Å². The predicted molar refractivity (Wildman–Crippen MR) is 151 cm³/mol. The van der Waals surface area contributed by atoms with Crippen LogP contribution in [0.1, 0.15) is 95.8 Å². The van der Waals surface area contributed by atoms with Gasteiger partial charge in [-0.2, -0.15) is 13.2 Å². The number of aryl methyl sites for hydroxylation is 1. The average molecular weight is 580 g/mol. The van der Waals surface area contributed by atoms with Gasteiger partial charge in [-0.3, -0.25) is 4.79 Å². The molecule has 1 amide bonds. The van der Waals surface area contributed by atoms with Crippen LogP contribution in [0.2, 0.25) is 0 Å². The predicted octanol–water partition coefficient (Wildman–Crippen LogP) is 6.15. The number of alkyl halides is 3. The lowest BCUT2D eigenvalue weighted by Gasteiger charge is -2.43. The molecule has 2 aromatic carbocycles. The number of anilines is 1. The van der Waals surface area contributed by atoms with Crippen LogP contribution in [0.15, 0.2) is 42.7 Å². The molecule has 0 unspecified atom stereocenters. The third-order valence-electron chi connectivity index (χ3n) is 9.72. The van der Waals surface area contributed by atoms with Crippen LogP contribution in [0.25, 0.3) is 0 Å². The molecule has 42 heavy (non-hydrogen) atoms. The number of hydrogen-bond donors (Lipinski definition) is 1. The van der Waals surface area contributed by atoms with Gasteiger partial charge in [-0.05, 0) is 79.5 Å². The van der Waals surface area contributed by atoms with Crippen molar-refractivity contribution in [2.24, 2.45) is 18.9 Å². The molecule has 0 radical (unpaired) electrons. The van der Waals surface area contributed by atoms with E-state index < -0.39 is 17.6 Å². The van der Waals surface area contributed by atoms with Crippen molar-refractivity contribution in [3.05, 3.63) is 76.4 Å². The molecule has 3 aromatic rings. The average Bonchev–Trinajstić information content (AvgIpc) is 3.54. The quantitative estimate of drug-likeness (QED) is 0.330. The first-order valence-corrected chi connectivity index (χ1v) is 14.9. The molecule has 1 aromatic heterocycles. The molecule has 2 aliphatic carbocycles. The van der Waals surface area contributed by atoms with E-state index in [2.05, 4.69) is 22.4 Å². The van der Waals surface area contributed by atoms with Crippen molar-refractivity contribution >= 4 is 11.6 Å². The molecule has 0 bridgehead atoms. The number of fused-ring (bicyclic) bond motifs is 1. The van der Waals surface area contributed by atoms with Gasteiger partial charge in [0.25, 0.3) is 5.91 Å². The maximum absolute atomic E-state index is 14.6. The molecular formula is C32H36F3N5O2. The molecule has 222 valence electrons. The highest BCUT2D eigenvalue weighted by Gasteiger charge is 2.43. The number of nitrogens with one attached hydrogen (secondary N) is 1. The highest BCUT2D eigenvalue weighted by Crippen LogP contribution is 2.45. The number of nitrogens with zero attached hydrogens (tertiary/aromatic N) is 4. The number of carbonyl (C=O) groups is 1. The Bertz CT molecular complexity index is 1510. The summed E-state index contributed by atoms with van der Waals surface area (Å²) in [6.07, 6.45) is 3.24. The lowest BCUT2D eigenvalue weighted by molar-refractivity contribution is -0.138. The Kier molecular flexibility index (Phi) is 6.69. The molecule has 1 saturated heterocycles. The summed E-state index contributed by atoms with van der Waals surface area (Å²) in [5, 5.41) is 12.1. The summed E-state index contributed by atoms with van der Waals surface area (Å²) in [4.78, 5) is 15.4. The van der Waals surface area contributed by atoms with Gasteiger partial charge in [0.05, 0.1) is 31.2 Å². The lowest BCUT2D eigenvalue weighted by Crippen LogP contribution is -2.49. The molecule has 4 aliphatic rings. The largest absolute Gasteiger partial charge is 0.416 e. The van der Waals surface area contributed by atoms with Crippen molar-refractivity contribution in [2.45, 2.75) is 75.7 Å². The minimum atomic E-state index is -4.57. The number of carbonyl (C=O) groups excluding carboxylic acids is 1. The van der Waals surface area contributed by atoms with E-state index >= 15 is 0 Å². The van der Waals surface area contributed by atoms with Gasteiger partial charge in [0, 0.05) is 35.8 Å². The van der Waals surface area contributed by atoms with Crippen LogP contribution in [0.4, 0.5) is 18.9 Å². The van der Waals surface area contributed by atoms with Crippen molar-refractivity contribution in [2.75, 3.05) is 18.1 Å². The minimum Gasteiger partial charge on any atom is -0.381 e. The molecule has 2 atom stereocenters. The van der Waals surface area contributed by atoms with E-state index in [9.17, 15) is 18.0 Å². The first-order chi connectivity index (χ1) is 20.1. The second-order valence-corrected chi connectivity index (χ2v) is 12.9. The maximum atomic E-state index is 14.6. The molecule has 0 spiro atoms. The zero-order chi connectivity index (χ0) is 29.2. The Morgan fingerprint density at radius 3 is 2.52 bits per heavy atom. The van der Waals surface area contributed by atoms with E-state index in [0.29, 0.717) is 30.4 Å². The van der Waals surface area contributed by atoms with Gasteiger partial charge in [0.2, 0.25) is 0 Å². The summed E-state index contributed by atoms with van der Waals surface area (Å²) in [6.45, 7) is 3.20. The summed E-state index contributed by atoms with van der Waals surface area (Å²) < 4.78 is 51.0. The van der Waals surface area contributed by atoms with E-state index in [-0.39, 0.29) is 41.1 Å². The van der Waals surface area contributed by atoms with Gasteiger partial charge in [0.15, 0.2) is 0 Å². The van der Waals surface area contributed by atoms with Crippen LogP contribution >= 0.6 is 0 Å². The Labute approximate surface area is 243 Å². The summed E-state index contributed by atoms with van der Waals surface area (Å²) in [5.41, 5.74) is 1.51. The zero-order valence-corrected chi connectivity index (χ0v) is 24.0. The first-order valence-electron chi connectivity index (χ1n) is 14.9. The molecule has 3 fully saturated rings. The number of aromatic nitrogens is 3. The van der Waals surface area contributed by atoms with Crippen molar-refractivity contribution in [3.63, 3.8) is 0 Å². The fraction of sp³-hybridized carbons (Fsp3) is 0.531. The van der Waals surface area contributed by atoms with Crippen molar-refractivity contribution < 1.29 is 22.7 Å². The third-order valence-corrected chi connectivity index (χ3v) is 9.72. The Hall–Kier alpha value is -3.24. The maximum Gasteiger partial charge on any atom is 0.416 e. The second kappa shape index (κ2) is 10.2. The monoisotopic (exact) mass is 579 g/mol. The smallest absolute Gasteiger partial charge is 0.381 e. The van der Waals surface area contributed by atoms with Crippen LogP contribution < -0.4 is 10.2 Å². The number of halogens is 3. The van der Waals surface area contributed by atoms with Crippen LogP contribution in [-0.4, -0.2) is 39.4 Å². The number of rotatable bonds is 9. The number of hydrogen-bond acceptors (Lipinski definition) is 5. The summed E-state index contributed by atoms with van der Waals surface area (Å²) >= 11 is 0. The molecule has 1 N–H and O–H groups in total. The molecule has 2 aliphatic heterocycles. The van der Waals surface area contributed by atoms with E-state index in [1.807, 2.05) is 29.8 Å². The van der Waals surface area contributed by atoms with Crippen molar-refractivity contribution in [3.8, 4) is 0 Å². The second-order valence-electron chi connectivity index (χ2n) is 12.9. The zero-order valence-electron chi connectivity index (χ0n) is 24.0. The standard InChI is InChI=1S/C32H36F3N5O2/c1-31(9-4-10-31)37-27(11-19-7-8-19)21-13-24-25(26(14-21)32(33,34)35)15-40(30(24)41)23-6-3-5-20(12-23)28(22-16-42-17-22)29-38-36-18-39(29)2/h3,5-6,12-14,18-19,22,27-28,37H,4,7-11,15-17H2,1-2H3/t27-,28-/m0/s1. The fourth-order valence-corrected chi connectivity index (χ4v) is 6.87. The van der Waals surface area contributed by atoms with E-state index in [0.717, 1.165) is 49.9 Å². The van der Waals surface area contributed by atoms with E-state index in [4.69, 9.17) is 4.74 Å². The summed E-state index contributed by atoms with van der Waals surface area (Å²) in [6, 6.07) is 10.3. The molecule has 10 heteroatoms. The first kappa shape index (κ1) is 27.6.